The molecule has 6 heteroatoms. The highest BCUT2D eigenvalue weighted by Gasteiger charge is 2.23. The molecule has 98 valence electrons. The van der Waals surface area contributed by atoms with E-state index < -0.39 is 12.1 Å². The summed E-state index contributed by atoms with van der Waals surface area (Å²) in [5, 5.41) is 0. The van der Waals surface area contributed by atoms with Crippen molar-refractivity contribution in [3.63, 3.8) is 0 Å². The highest BCUT2D eigenvalue weighted by molar-refractivity contribution is 9.10. The van der Waals surface area contributed by atoms with E-state index in [0.29, 0.717) is 22.1 Å². The van der Waals surface area contributed by atoms with Gasteiger partial charge in [0.1, 0.15) is 5.75 Å². The maximum atomic E-state index is 11.5. The zero-order valence-electron chi connectivity index (χ0n) is 10.0. The Kier molecular flexibility index (Phi) is 5.80. The summed E-state index contributed by atoms with van der Waals surface area (Å²) in [6, 6.07) is 5.00. The molecule has 0 spiro atoms. The molecule has 1 aromatic rings. The number of para-hydroxylation sites is 1. The first kappa shape index (κ1) is 14.7. The van der Waals surface area contributed by atoms with Gasteiger partial charge < -0.3 is 14.2 Å². The summed E-state index contributed by atoms with van der Waals surface area (Å²) in [4.78, 5) is 22.4. The third kappa shape index (κ3) is 3.54. The standard InChI is InChI=1S/C12H13BrO5/c1-16-7-10(12(15)17-2)18-11-8(6-14)4-3-5-9(11)13/h3-6,10H,7H2,1-2H3. The minimum Gasteiger partial charge on any atom is -0.474 e. The van der Waals surface area contributed by atoms with Crippen LogP contribution in [-0.2, 0) is 14.3 Å². The molecule has 0 heterocycles. The van der Waals surface area contributed by atoms with E-state index in [2.05, 4.69) is 20.7 Å². The molecule has 0 amide bonds. The molecule has 0 N–H and O–H groups in total. The Morgan fingerprint density at radius 2 is 2.17 bits per heavy atom. The first-order valence-corrected chi connectivity index (χ1v) is 5.90. The normalized spacial score (nSPS) is 11.7. The van der Waals surface area contributed by atoms with Gasteiger partial charge in [0.05, 0.1) is 23.8 Å². The van der Waals surface area contributed by atoms with Crippen molar-refractivity contribution in [2.45, 2.75) is 6.10 Å². The molecule has 0 saturated heterocycles. The van der Waals surface area contributed by atoms with Crippen molar-refractivity contribution >= 4 is 28.2 Å². The van der Waals surface area contributed by atoms with E-state index in [4.69, 9.17) is 9.47 Å². The lowest BCUT2D eigenvalue weighted by Gasteiger charge is -2.18. The number of hydrogen-bond acceptors (Lipinski definition) is 5. The molecule has 0 aliphatic heterocycles. The summed E-state index contributed by atoms with van der Waals surface area (Å²) in [6.07, 6.45) is -0.265. The zero-order valence-corrected chi connectivity index (χ0v) is 11.6. The fraction of sp³-hybridized carbons (Fsp3) is 0.333. The highest BCUT2D eigenvalue weighted by atomic mass is 79.9. The fourth-order valence-corrected chi connectivity index (χ4v) is 1.79. The van der Waals surface area contributed by atoms with Crippen molar-refractivity contribution < 1.29 is 23.8 Å². The van der Waals surface area contributed by atoms with E-state index in [9.17, 15) is 9.59 Å². The molecule has 1 aromatic carbocycles. The average molecular weight is 317 g/mol. The SMILES string of the molecule is COCC(Oc1c(Br)cccc1C=O)C(=O)OC. The lowest BCUT2D eigenvalue weighted by Crippen LogP contribution is -2.33. The molecule has 1 rings (SSSR count). The topological polar surface area (TPSA) is 61.8 Å². The van der Waals surface area contributed by atoms with E-state index in [1.807, 2.05) is 0 Å². The van der Waals surface area contributed by atoms with E-state index in [1.165, 1.54) is 14.2 Å². The Morgan fingerprint density at radius 1 is 1.44 bits per heavy atom. The second-order valence-electron chi connectivity index (χ2n) is 3.36. The molecule has 0 aliphatic rings. The minimum absolute atomic E-state index is 0.0340. The first-order valence-electron chi connectivity index (χ1n) is 5.11. The maximum absolute atomic E-state index is 11.5. The van der Waals surface area contributed by atoms with Crippen molar-refractivity contribution in [2.24, 2.45) is 0 Å². The Labute approximate surface area is 113 Å². The van der Waals surface area contributed by atoms with Crippen LogP contribution in [0, 0.1) is 0 Å². The van der Waals surface area contributed by atoms with Crippen LogP contribution in [0.15, 0.2) is 22.7 Å². The number of esters is 1. The Balaban J connectivity index is 2.99. The Bertz CT molecular complexity index is 432. The third-order valence-corrected chi connectivity index (χ3v) is 2.79. The quantitative estimate of drug-likeness (QED) is 0.592. The number of benzene rings is 1. The largest absolute Gasteiger partial charge is 0.474 e. The molecular formula is C12H13BrO5. The first-order chi connectivity index (χ1) is 8.63. The van der Waals surface area contributed by atoms with Gasteiger partial charge in [-0.05, 0) is 28.1 Å². The van der Waals surface area contributed by atoms with Gasteiger partial charge in [0.2, 0.25) is 6.10 Å². The van der Waals surface area contributed by atoms with Crippen molar-refractivity contribution in [2.75, 3.05) is 20.8 Å². The van der Waals surface area contributed by atoms with Gasteiger partial charge in [-0.2, -0.15) is 0 Å². The molecule has 1 unspecified atom stereocenters. The number of hydrogen-bond donors (Lipinski definition) is 0. The smallest absolute Gasteiger partial charge is 0.349 e. The highest BCUT2D eigenvalue weighted by Crippen LogP contribution is 2.29. The van der Waals surface area contributed by atoms with E-state index >= 15 is 0 Å². The number of methoxy groups -OCH3 is 2. The van der Waals surface area contributed by atoms with Crippen LogP contribution in [0.3, 0.4) is 0 Å². The van der Waals surface area contributed by atoms with E-state index in [0.717, 1.165) is 0 Å². The van der Waals surface area contributed by atoms with Crippen LogP contribution in [0.25, 0.3) is 0 Å². The summed E-state index contributed by atoms with van der Waals surface area (Å²) in [5.74, 6) is -0.274. The number of aldehydes is 1. The second-order valence-corrected chi connectivity index (χ2v) is 4.22. The molecule has 0 aromatic heterocycles. The number of halogens is 1. The number of ether oxygens (including phenoxy) is 3. The Hall–Kier alpha value is -1.40. The van der Waals surface area contributed by atoms with Gasteiger partial charge in [0, 0.05) is 7.11 Å². The predicted molar refractivity (Wildman–Crippen MR) is 67.8 cm³/mol. The van der Waals surface area contributed by atoms with Gasteiger partial charge >= 0.3 is 5.97 Å². The van der Waals surface area contributed by atoms with Crippen LogP contribution < -0.4 is 4.74 Å². The number of carbonyl (C=O) groups is 2. The molecule has 1 atom stereocenters. The predicted octanol–water partition coefficient (Wildman–Crippen LogP) is 1.83. The van der Waals surface area contributed by atoms with Gasteiger partial charge in [-0.15, -0.1) is 0 Å². The monoisotopic (exact) mass is 316 g/mol. The summed E-state index contributed by atoms with van der Waals surface area (Å²) in [7, 11) is 2.70. The fourth-order valence-electron chi connectivity index (χ4n) is 1.32. The van der Waals surface area contributed by atoms with Crippen LogP contribution >= 0.6 is 15.9 Å². The van der Waals surface area contributed by atoms with Crippen LogP contribution in [-0.4, -0.2) is 39.2 Å². The van der Waals surface area contributed by atoms with Crippen LogP contribution in [0.2, 0.25) is 0 Å². The van der Waals surface area contributed by atoms with Crippen molar-refractivity contribution in [1.82, 2.24) is 0 Å². The molecule has 0 aliphatic carbocycles. The third-order valence-electron chi connectivity index (χ3n) is 2.17. The lowest BCUT2D eigenvalue weighted by atomic mass is 10.2. The Morgan fingerprint density at radius 3 is 2.72 bits per heavy atom. The average Bonchev–Trinajstić information content (AvgIpc) is 2.39. The van der Waals surface area contributed by atoms with Gasteiger partial charge in [0.15, 0.2) is 6.29 Å². The van der Waals surface area contributed by atoms with Crippen LogP contribution in [0.4, 0.5) is 0 Å². The number of rotatable bonds is 6. The van der Waals surface area contributed by atoms with Gasteiger partial charge in [-0.1, -0.05) is 6.07 Å². The molecule has 0 saturated carbocycles. The second kappa shape index (κ2) is 7.13. The molecule has 5 nitrogen and oxygen atoms in total. The van der Waals surface area contributed by atoms with Crippen molar-refractivity contribution in [3.05, 3.63) is 28.2 Å². The summed E-state index contributed by atoms with van der Waals surface area (Å²) in [5.41, 5.74) is 0.342. The summed E-state index contributed by atoms with van der Waals surface area (Å²) >= 11 is 3.26. The van der Waals surface area contributed by atoms with E-state index in [-0.39, 0.29) is 6.61 Å². The number of carbonyl (C=O) groups excluding carboxylic acids is 2. The van der Waals surface area contributed by atoms with Crippen molar-refractivity contribution in [3.8, 4) is 5.75 Å². The van der Waals surface area contributed by atoms with Gasteiger partial charge in [-0.25, -0.2) is 4.79 Å². The molecule has 0 bridgehead atoms. The molecule has 18 heavy (non-hydrogen) atoms. The molecule has 0 fully saturated rings. The van der Waals surface area contributed by atoms with E-state index in [1.54, 1.807) is 18.2 Å². The summed E-state index contributed by atoms with van der Waals surface area (Å²) < 4.78 is 15.5. The maximum Gasteiger partial charge on any atom is 0.349 e. The zero-order chi connectivity index (χ0) is 13.5. The lowest BCUT2D eigenvalue weighted by molar-refractivity contribution is -0.151. The van der Waals surface area contributed by atoms with Crippen molar-refractivity contribution in [1.29, 1.82) is 0 Å². The molecule has 0 radical (unpaired) electrons. The molecular weight excluding hydrogens is 304 g/mol. The summed E-state index contributed by atoms with van der Waals surface area (Å²) in [6.45, 7) is 0.0340. The van der Waals surface area contributed by atoms with Crippen LogP contribution in [0.5, 0.6) is 5.75 Å². The van der Waals surface area contributed by atoms with Crippen LogP contribution in [0.1, 0.15) is 10.4 Å². The van der Waals surface area contributed by atoms with Gasteiger partial charge in [0.25, 0.3) is 0 Å². The van der Waals surface area contributed by atoms with Gasteiger partial charge in [-0.3, -0.25) is 4.79 Å². The minimum atomic E-state index is -0.919.